The van der Waals surface area contributed by atoms with Crippen LogP contribution in [0.2, 0.25) is 0 Å². The SMILES string of the molecule is COCCn1c(=NC(=O)c2ccc(NS(=O)(=O)c3ccc(F)cc3)cc2)sc2cc(F)ccc21. The zero-order valence-corrected chi connectivity index (χ0v) is 19.5. The van der Waals surface area contributed by atoms with Gasteiger partial charge in [-0.3, -0.25) is 9.52 Å². The van der Waals surface area contributed by atoms with Crippen LogP contribution in [0, 0.1) is 11.6 Å². The molecule has 1 aromatic heterocycles. The number of hydrogen-bond acceptors (Lipinski definition) is 5. The average Bonchev–Trinajstić information content (AvgIpc) is 3.13. The molecule has 0 unspecified atom stereocenters. The standard InChI is InChI=1S/C23H19F2N3O4S2/c1-32-13-12-28-20-11-6-17(25)14-21(20)33-23(28)26-22(29)15-2-7-18(8-3-15)27-34(30,31)19-9-4-16(24)5-10-19/h2-11,14,27H,12-13H2,1H3. The molecule has 3 aromatic carbocycles. The molecule has 0 saturated carbocycles. The first-order chi connectivity index (χ1) is 16.3. The summed E-state index contributed by atoms with van der Waals surface area (Å²) in [6.45, 7) is 0.811. The van der Waals surface area contributed by atoms with E-state index >= 15 is 0 Å². The summed E-state index contributed by atoms with van der Waals surface area (Å²) >= 11 is 1.18. The number of benzene rings is 3. The van der Waals surface area contributed by atoms with Crippen molar-refractivity contribution in [3.63, 3.8) is 0 Å². The Morgan fingerprint density at radius 2 is 1.71 bits per heavy atom. The van der Waals surface area contributed by atoms with Gasteiger partial charge in [-0.25, -0.2) is 17.2 Å². The molecule has 0 fully saturated rings. The first-order valence-electron chi connectivity index (χ1n) is 10.0. The molecule has 34 heavy (non-hydrogen) atoms. The molecule has 7 nitrogen and oxygen atoms in total. The van der Waals surface area contributed by atoms with Crippen molar-refractivity contribution in [3.05, 3.63) is 88.7 Å². The minimum atomic E-state index is -3.91. The molecule has 0 atom stereocenters. The molecule has 0 bridgehead atoms. The quantitative estimate of drug-likeness (QED) is 0.410. The molecule has 0 radical (unpaired) electrons. The molecule has 1 heterocycles. The Morgan fingerprint density at radius 1 is 1.03 bits per heavy atom. The van der Waals surface area contributed by atoms with Gasteiger partial charge in [0.25, 0.3) is 15.9 Å². The lowest BCUT2D eigenvalue weighted by atomic mass is 10.2. The predicted octanol–water partition coefficient (Wildman–Crippen LogP) is 4.17. The summed E-state index contributed by atoms with van der Waals surface area (Å²) in [6.07, 6.45) is 0. The number of nitrogens with zero attached hydrogens (tertiary/aromatic N) is 2. The number of amides is 1. The average molecular weight is 504 g/mol. The number of aromatic nitrogens is 1. The highest BCUT2D eigenvalue weighted by atomic mass is 32.2. The molecular weight excluding hydrogens is 484 g/mol. The van der Waals surface area contributed by atoms with Gasteiger partial charge in [0.05, 0.1) is 21.7 Å². The second-order valence-corrected chi connectivity index (χ2v) is 9.89. The highest BCUT2D eigenvalue weighted by Crippen LogP contribution is 2.20. The number of sulfonamides is 1. The van der Waals surface area contributed by atoms with Crippen LogP contribution in [0.25, 0.3) is 10.2 Å². The number of fused-ring (bicyclic) bond motifs is 1. The van der Waals surface area contributed by atoms with Gasteiger partial charge in [-0.1, -0.05) is 11.3 Å². The Balaban J connectivity index is 1.59. The van der Waals surface area contributed by atoms with Crippen LogP contribution in [-0.2, 0) is 21.3 Å². The Bertz CT molecular complexity index is 1510. The fourth-order valence-electron chi connectivity index (χ4n) is 3.19. The number of hydrogen-bond donors (Lipinski definition) is 1. The zero-order valence-electron chi connectivity index (χ0n) is 17.9. The molecule has 176 valence electrons. The molecule has 4 aromatic rings. The summed E-state index contributed by atoms with van der Waals surface area (Å²) < 4.78 is 61.6. The van der Waals surface area contributed by atoms with E-state index in [4.69, 9.17) is 4.74 Å². The van der Waals surface area contributed by atoms with Crippen molar-refractivity contribution < 1.29 is 26.7 Å². The molecular formula is C23H19F2N3O4S2. The van der Waals surface area contributed by atoms with E-state index in [-0.39, 0.29) is 22.0 Å². The minimum absolute atomic E-state index is 0.0918. The molecule has 11 heteroatoms. The second kappa shape index (κ2) is 9.84. The number of halogens is 2. The van der Waals surface area contributed by atoms with Crippen LogP contribution in [0.15, 0.2) is 76.6 Å². The van der Waals surface area contributed by atoms with Gasteiger partial charge in [0.15, 0.2) is 4.80 Å². The molecule has 0 aliphatic carbocycles. The molecule has 0 aliphatic rings. The zero-order chi connectivity index (χ0) is 24.3. The van der Waals surface area contributed by atoms with Crippen LogP contribution in [0.3, 0.4) is 0 Å². The number of rotatable bonds is 7. The summed E-state index contributed by atoms with van der Waals surface area (Å²) in [5.74, 6) is -1.46. The van der Waals surface area contributed by atoms with Crippen molar-refractivity contribution in [2.75, 3.05) is 18.4 Å². The van der Waals surface area contributed by atoms with E-state index in [1.165, 1.54) is 47.7 Å². The maximum atomic E-state index is 13.6. The number of carbonyl (C=O) groups excluding carboxylic acids is 1. The first-order valence-corrected chi connectivity index (χ1v) is 12.3. The topological polar surface area (TPSA) is 89.8 Å². The smallest absolute Gasteiger partial charge is 0.279 e. The van der Waals surface area contributed by atoms with Gasteiger partial charge < -0.3 is 9.30 Å². The highest BCUT2D eigenvalue weighted by Gasteiger charge is 2.15. The van der Waals surface area contributed by atoms with E-state index in [0.717, 1.165) is 29.8 Å². The van der Waals surface area contributed by atoms with Gasteiger partial charge in [0.1, 0.15) is 11.6 Å². The third-order valence-corrected chi connectivity index (χ3v) is 7.31. The van der Waals surface area contributed by atoms with Crippen LogP contribution in [-0.4, -0.2) is 32.6 Å². The van der Waals surface area contributed by atoms with Crippen molar-refractivity contribution in [2.24, 2.45) is 4.99 Å². The molecule has 1 amide bonds. The number of thiazole rings is 1. The van der Waals surface area contributed by atoms with Crippen molar-refractivity contribution in [2.45, 2.75) is 11.4 Å². The van der Waals surface area contributed by atoms with Crippen LogP contribution in [0.5, 0.6) is 0 Å². The van der Waals surface area contributed by atoms with Gasteiger partial charge in [0.2, 0.25) is 0 Å². The van der Waals surface area contributed by atoms with Crippen LogP contribution in [0.1, 0.15) is 10.4 Å². The fraction of sp³-hybridized carbons (Fsp3) is 0.130. The summed E-state index contributed by atoms with van der Waals surface area (Å²) in [7, 11) is -2.36. The van der Waals surface area contributed by atoms with Crippen molar-refractivity contribution in [3.8, 4) is 0 Å². The van der Waals surface area contributed by atoms with E-state index in [0.29, 0.717) is 22.7 Å². The van der Waals surface area contributed by atoms with E-state index in [1.807, 2.05) is 0 Å². The molecule has 4 rings (SSSR count). The minimum Gasteiger partial charge on any atom is -0.383 e. The summed E-state index contributed by atoms with van der Waals surface area (Å²) in [5.41, 5.74) is 1.21. The largest absolute Gasteiger partial charge is 0.383 e. The number of nitrogens with one attached hydrogen (secondary N) is 1. The summed E-state index contributed by atoms with van der Waals surface area (Å²) in [6, 6.07) is 14.5. The number of methoxy groups -OCH3 is 1. The lowest BCUT2D eigenvalue weighted by Crippen LogP contribution is -2.19. The van der Waals surface area contributed by atoms with Gasteiger partial charge >= 0.3 is 0 Å². The number of ether oxygens (including phenoxy) is 1. The predicted molar refractivity (Wildman–Crippen MR) is 125 cm³/mol. The van der Waals surface area contributed by atoms with Crippen LogP contribution >= 0.6 is 11.3 Å². The Morgan fingerprint density at radius 3 is 2.38 bits per heavy atom. The normalized spacial score (nSPS) is 12.3. The third-order valence-electron chi connectivity index (χ3n) is 4.87. The number of anilines is 1. The Hall–Kier alpha value is -3.41. The lowest BCUT2D eigenvalue weighted by Gasteiger charge is -2.08. The maximum Gasteiger partial charge on any atom is 0.279 e. The van der Waals surface area contributed by atoms with Gasteiger partial charge in [-0.2, -0.15) is 4.99 Å². The van der Waals surface area contributed by atoms with Crippen LogP contribution < -0.4 is 9.52 Å². The van der Waals surface area contributed by atoms with E-state index in [1.54, 1.807) is 17.7 Å². The van der Waals surface area contributed by atoms with E-state index < -0.39 is 21.7 Å². The van der Waals surface area contributed by atoms with Crippen molar-refractivity contribution in [1.82, 2.24) is 4.57 Å². The fourth-order valence-corrected chi connectivity index (χ4v) is 5.33. The number of carbonyl (C=O) groups is 1. The van der Waals surface area contributed by atoms with E-state index in [2.05, 4.69) is 9.71 Å². The van der Waals surface area contributed by atoms with Gasteiger partial charge in [0, 0.05) is 24.9 Å². The van der Waals surface area contributed by atoms with Crippen LogP contribution in [0.4, 0.5) is 14.5 Å². The Kier molecular flexibility index (Phi) is 6.87. The lowest BCUT2D eigenvalue weighted by molar-refractivity contribution is 0.0997. The maximum absolute atomic E-state index is 13.6. The van der Waals surface area contributed by atoms with E-state index in [9.17, 15) is 22.0 Å². The molecule has 0 saturated heterocycles. The second-order valence-electron chi connectivity index (χ2n) is 7.19. The summed E-state index contributed by atoms with van der Waals surface area (Å²) in [4.78, 5) is 17.3. The van der Waals surface area contributed by atoms with Crippen molar-refractivity contribution in [1.29, 1.82) is 0 Å². The van der Waals surface area contributed by atoms with Crippen molar-refractivity contribution >= 4 is 43.2 Å². The molecule has 0 aliphatic heterocycles. The third kappa shape index (κ3) is 5.22. The Labute approximate surface area is 198 Å². The highest BCUT2D eigenvalue weighted by molar-refractivity contribution is 7.92. The van der Waals surface area contributed by atoms with Gasteiger partial charge in [-0.15, -0.1) is 0 Å². The summed E-state index contributed by atoms with van der Waals surface area (Å²) in [5, 5.41) is 0. The molecule has 0 spiro atoms. The molecule has 1 N–H and O–H groups in total. The first kappa shape index (κ1) is 23.7. The monoisotopic (exact) mass is 503 g/mol. The van der Waals surface area contributed by atoms with Gasteiger partial charge in [-0.05, 0) is 66.7 Å².